The van der Waals surface area contributed by atoms with E-state index >= 15 is 0 Å². The first-order chi connectivity index (χ1) is 12.4. The number of amides is 1. The van der Waals surface area contributed by atoms with E-state index in [9.17, 15) is 9.59 Å². The standard InChI is InChI=1S/C20H26N4O2/c1-13-10-14(2)12-16(11-13)19(25)23-8-6-15(7-9-23)18-21-22(3)20(26)24(18)17-4-5-17/h10-12,15,17H,4-9H2,1-3H3. The number of likely N-dealkylation sites (tertiary alicyclic amines) is 1. The van der Waals surface area contributed by atoms with Gasteiger partial charge in [0.15, 0.2) is 0 Å². The molecular formula is C20H26N4O2. The molecule has 1 aliphatic carbocycles. The first-order valence-electron chi connectivity index (χ1n) is 9.47. The van der Waals surface area contributed by atoms with E-state index in [4.69, 9.17) is 0 Å². The van der Waals surface area contributed by atoms with Crippen molar-refractivity contribution in [2.24, 2.45) is 7.05 Å². The Bertz CT molecular complexity index is 879. The highest BCUT2D eigenvalue weighted by molar-refractivity contribution is 5.94. The Morgan fingerprint density at radius 1 is 1.04 bits per heavy atom. The molecule has 1 saturated carbocycles. The molecule has 0 bridgehead atoms. The smallest absolute Gasteiger partial charge is 0.339 e. The number of hydrogen-bond donors (Lipinski definition) is 0. The van der Waals surface area contributed by atoms with Crippen molar-refractivity contribution in [3.05, 3.63) is 51.2 Å². The Kier molecular flexibility index (Phi) is 4.21. The predicted molar refractivity (Wildman–Crippen MR) is 99.5 cm³/mol. The van der Waals surface area contributed by atoms with Gasteiger partial charge in [-0.1, -0.05) is 17.2 Å². The van der Waals surface area contributed by atoms with Crippen LogP contribution in [0.25, 0.3) is 0 Å². The molecule has 4 rings (SSSR count). The normalized spacial score (nSPS) is 18.3. The van der Waals surface area contributed by atoms with Crippen LogP contribution < -0.4 is 5.69 Å². The summed E-state index contributed by atoms with van der Waals surface area (Å²) >= 11 is 0. The zero-order valence-electron chi connectivity index (χ0n) is 15.7. The molecule has 0 unspecified atom stereocenters. The molecule has 2 fully saturated rings. The third-order valence-corrected chi connectivity index (χ3v) is 5.51. The van der Waals surface area contributed by atoms with Crippen LogP contribution in [0.3, 0.4) is 0 Å². The molecule has 6 heteroatoms. The highest BCUT2D eigenvalue weighted by atomic mass is 16.2. The summed E-state index contributed by atoms with van der Waals surface area (Å²) < 4.78 is 3.35. The lowest BCUT2D eigenvalue weighted by molar-refractivity contribution is 0.0710. The zero-order chi connectivity index (χ0) is 18.4. The number of hydrogen-bond acceptors (Lipinski definition) is 3. The zero-order valence-corrected chi connectivity index (χ0v) is 15.7. The molecule has 26 heavy (non-hydrogen) atoms. The predicted octanol–water partition coefficient (Wildman–Crippen LogP) is 2.55. The van der Waals surface area contributed by atoms with E-state index in [1.807, 2.05) is 35.4 Å². The van der Waals surface area contributed by atoms with Crippen molar-refractivity contribution >= 4 is 5.91 Å². The summed E-state index contributed by atoms with van der Waals surface area (Å²) in [5, 5.41) is 4.51. The number of nitrogens with zero attached hydrogens (tertiary/aromatic N) is 4. The van der Waals surface area contributed by atoms with Crippen molar-refractivity contribution in [2.45, 2.75) is 51.5 Å². The van der Waals surface area contributed by atoms with Crippen molar-refractivity contribution in [3.8, 4) is 0 Å². The Morgan fingerprint density at radius 2 is 1.65 bits per heavy atom. The maximum atomic E-state index is 12.8. The number of piperidine rings is 1. The van der Waals surface area contributed by atoms with Crippen LogP contribution in [0, 0.1) is 13.8 Å². The molecule has 1 saturated heterocycles. The summed E-state index contributed by atoms with van der Waals surface area (Å²) in [5.74, 6) is 1.28. The summed E-state index contributed by atoms with van der Waals surface area (Å²) in [6.07, 6.45) is 3.87. The number of aromatic nitrogens is 3. The summed E-state index contributed by atoms with van der Waals surface area (Å²) in [5.41, 5.74) is 3.00. The van der Waals surface area contributed by atoms with Crippen molar-refractivity contribution in [2.75, 3.05) is 13.1 Å². The lowest BCUT2D eigenvalue weighted by Gasteiger charge is -2.31. The van der Waals surface area contributed by atoms with Crippen LogP contribution in [-0.4, -0.2) is 38.2 Å². The summed E-state index contributed by atoms with van der Waals surface area (Å²) in [6.45, 7) is 5.47. The quantitative estimate of drug-likeness (QED) is 0.851. The van der Waals surface area contributed by atoms with Crippen LogP contribution in [0.2, 0.25) is 0 Å². The molecule has 0 atom stereocenters. The van der Waals surface area contributed by atoms with E-state index < -0.39 is 0 Å². The number of aryl methyl sites for hydroxylation is 3. The first-order valence-corrected chi connectivity index (χ1v) is 9.47. The lowest BCUT2D eigenvalue weighted by atomic mass is 9.95. The molecule has 2 aliphatic rings. The second kappa shape index (κ2) is 6.41. The van der Waals surface area contributed by atoms with Crippen molar-refractivity contribution in [1.82, 2.24) is 19.2 Å². The Morgan fingerprint density at radius 3 is 2.23 bits per heavy atom. The molecule has 1 aliphatic heterocycles. The Hall–Kier alpha value is -2.37. The minimum absolute atomic E-state index is 0.00348. The molecule has 1 aromatic carbocycles. The minimum atomic E-state index is -0.00348. The number of carbonyl (C=O) groups is 1. The van der Waals surface area contributed by atoms with Gasteiger partial charge in [0.1, 0.15) is 5.82 Å². The largest absolute Gasteiger partial charge is 0.345 e. The fraction of sp³-hybridized carbons (Fsp3) is 0.550. The first kappa shape index (κ1) is 17.1. The van der Waals surface area contributed by atoms with E-state index in [0.717, 1.165) is 48.2 Å². The van der Waals surface area contributed by atoms with E-state index in [2.05, 4.69) is 11.2 Å². The minimum Gasteiger partial charge on any atom is -0.339 e. The van der Waals surface area contributed by atoms with Gasteiger partial charge in [0.2, 0.25) is 0 Å². The van der Waals surface area contributed by atoms with E-state index in [0.29, 0.717) is 19.1 Å². The molecule has 1 aromatic heterocycles. The second-order valence-electron chi connectivity index (χ2n) is 7.81. The monoisotopic (exact) mass is 354 g/mol. The lowest BCUT2D eigenvalue weighted by Crippen LogP contribution is -2.38. The molecule has 1 amide bonds. The molecule has 0 radical (unpaired) electrons. The van der Waals surface area contributed by atoms with Gasteiger partial charge in [0.25, 0.3) is 5.91 Å². The van der Waals surface area contributed by atoms with Crippen LogP contribution in [0.1, 0.15) is 65.0 Å². The average Bonchev–Trinajstić information content (AvgIpc) is 3.40. The van der Waals surface area contributed by atoms with Gasteiger partial charge in [0, 0.05) is 37.7 Å². The fourth-order valence-corrected chi connectivity index (χ4v) is 4.07. The topological polar surface area (TPSA) is 60.1 Å². The molecule has 2 aromatic rings. The maximum Gasteiger partial charge on any atom is 0.345 e. The van der Waals surface area contributed by atoms with Gasteiger partial charge in [-0.25, -0.2) is 9.48 Å². The van der Waals surface area contributed by atoms with Crippen molar-refractivity contribution < 1.29 is 4.79 Å². The van der Waals surface area contributed by atoms with E-state index in [1.165, 1.54) is 4.68 Å². The van der Waals surface area contributed by atoms with Crippen LogP contribution in [0.5, 0.6) is 0 Å². The van der Waals surface area contributed by atoms with Gasteiger partial charge >= 0.3 is 5.69 Å². The molecule has 0 N–H and O–H groups in total. The van der Waals surface area contributed by atoms with Gasteiger partial charge in [-0.15, -0.1) is 0 Å². The van der Waals surface area contributed by atoms with Gasteiger partial charge in [-0.05, 0) is 51.7 Å². The highest BCUT2D eigenvalue weighted by Crippen LogP contribution is 2.37. The van der Waals surface area contributed by atoms with Crippen LogP contribution in [0.4, 0.5) is 0 Å². The van der Waals surface area contributed by atoms with Crippen molar-refractivity contribution in [1.29, 1.82) is 0 Å². The SMILES string of the molecule is Cc1cc(C)cc(C(=O)N2CCC(c3nn(C)c(=O)n3C3CC3)CC2)c1. The third-order valence-electron chi connectivity index (χ3n) is 5.51. The summed E-state index contributed by atoms with van der Waals surface area (Å²) in [6, 6.07) is 6.35. The third kappa shape index (κ3) is 3.08. The molecule has 6 nitrogen and oxygen atoms in total. The van der Waals surface area contributed by atoms with Crippen LogP contribution in [0.15, 0.2) is 23.0 Å². The molecular weight excluding hydrogens is 328 g/mol. The highest BCUT2D eigenvalue weighted by Gasteiger charge is 2.34. The number of benzene rings is 1. The van der Waals surface area contributed by atoms with Crippen LogP contribution >= 0.6 is 0 Å². The van der Waals surface area contributed by atoms with E-state index in [1.54, 1.807) is 7.05 Å². The fourth-order valence-electron chi connectivity index (χ4n) is 4.07. The van der Waals surface area contributed by atoms with Gasteiger partial charge < -0.3 is 4.90 Å². The average molecular weight is 354 g/mol. The molecule has 138 valence electrons. The number of rotatable bonds is 3. The number of carbonyl (C=O) groups excluding carboxylic acids is 1. The molecule has 0 spiro atoms. The Balaban J connectivity index is 1.49. The van der Waals surface area contributed by atoms with E-state index in [-0.39, 0.29) is 17.5 Å². The maximum absolute atomic E-state index is 12.8. The van der Waals surface area contributed by atoms with Gasteiger partial charge in [-0.3, -0.25) is 9.36 Å². The van der Waals surface area contributed by atoms with Gasteiger partial charge in [0.05, 0.1) is 0 Å². The van der Waals surface area contributed by atoms with Gasteiger partial charge in [-0.2, -0.15) is 5.10 Å². The summed E-state index contributed by atoms with van der Waals surface area (Å²) in [7, 11) is 1.73. The second-order valence-corrected chi connectivity index (χ2v) is 7.81. The summed E-state index contributed by atoms with van der Waals surface area (Å²) in [4.78, 5) is 27.1. The molecule has 2 heterocycles. The van der Waals surface area contributed by atoms with Crippen LogP contribution in [-0.2, 0) is 7.05 Å². The Labute approximate surface area is 153 Å². The van der Waals surface area contributed by atoms with Crippen molar-refractivity contribution in [3.63, 3.8) is 0 Å².